The predicted molar refractivity (Wildman–Crippen MR) is 79.9 cm³/mol. The van der Waals surface area contributed by atoms with Gasteiger partial charge in [0.25, 0.3) is 0 Å². The molecule has 22 heavy (non-hydrogen) atoms. The fourth-order valence-electron chi connectivity index (χ4n) is 3.64. The third-order valence-electron chi connectivity index (χ3n) is 4.95. The quantitative estimate of drug-likeness (QED) is 0.898. The molecule has 1 fully saturated rings. The number of nitrogens with one attached hydrogen (secondary N) is 1. The molecular formula is C16H22N4O2. The fourth-order valence-corrected chi connectivity index (χ4v) is 3.64. The number of ether oxygens (including phenoxy) is 1. The number of rotatable bonds is 2. The molecule has 6 nitrogen and oxygen atoms in total. The molecule has 1 unspecified atom stereocenters. The lowest BCUT2D eigenvalue weighted by Gasteiger charge is -2.32. The molecule has 0 bridgehead atoms. The van der Waals surface area contributed by atoms with Gasteiger partial charge in [-0.15, -0.1) is 0 Å². The van der Waals surface area contributed by atoms with Gasteiger partial charge in [0.1, 0.15) is 5.41 Å². The first-order chi connectivity index (χ1) is 10.6. The summed E-state index contributed by atoms with van der Waals surface area (Å²) in [6.07, 6.45) is 3.88. The number of nitrogens with zero attached hydrogens (tertiary/aromatic N) is 3. The van der Waals surface area contributed by atoms with E-state index in [2.05, 4.69) is 16.5 Å². The van der Waals surface area contributed by atoms with Gasteiger partial charge in [0.15, 0.2) is 0 Å². The van der Waals surface area contributed by atoms with Crippen LogP contribution in [0.3, 0.4) is 0 Å². The highest BCUT2D eigenvalue weighted by atomic mass is 16.5. The summed E-state index contributed by atoms with van der Waals surface area (Å²) in [4.78, 5) is 12.7. The normalized spacial score (nSPS) is 23.4. The molecule has 1 N–H and O–H groups in total. The van der Waals surface area contributed by atoms with Gasteiger partial charge in [-0.1, -0.05) is 0 Å². The Bertz CT molecular complexity index is 623. The van der Waals surface area contributed by atoms with Crippen molar-refractivity contribution in [3.8, 4) is 6.07 Å². The minimum atomic E-state index is -0.939. The molecule has 2 heterocycles. The minimum absolute atomic E-state index is 0.0296. The zero-order valence-electron chi connectivity index (χ0n) is 13.2. The number of carbonyl (C=O) groups excluding carboxylic acids is 1. The van der Waals surface area contributed by atoms with E-state index in [1.54, 1.807) is 0 Å². The number of aryl methyl sites for hydroxylation is 2. The number of aromatic nitrogens is 2. The van der Waals surface area contributed by atoms with E-state index < -0.39 is 5.41 Å². The van der Waals surface area contributed by atoms with Crippen LogP contribution in [0.4, 0.5) is 0 Å². The highest BCUT2D eigenvalue weighted by Gasteiger charge is 2.42. The summed E-state index contributed by atoms with van der Waals surface area (Å²) in [5.41, 5.74) is 2.38. The first-order valence-electron chi connectivity index (χ1n) is 7.90. The summed E-state index contributed by atoms with van der Waals surface area (Å²) in [6.45, 7) is 2.93. The first-order valence-corrected chi connectivity index (χ1v) is 7.90. The Morgan fingerprint density at radius 3 is 2.91 bits per heavy atom. The summed E-state index contributed by atoms with van der Waals surface area (Å²) in [5.74, 6) is -0.153. The van der Waals surface area contributed by atoms with E-state index in [9.17, 15) is 10.1 Å². The van der Waals surface area contributed by atoms with Gasteiger partial charge in [0, 0.05) is 31.5 Å². The second-order valence-corrected chi connectivity index (χ2v) is 6.29. The lowest BCUT2D eigenvalue weighted by atomic mass is 9.80. The predicted octanol–water partition coefficient (Wildman–Crippen LogP) is 1.54. The highest BCUT2D eigenvalue weighted by Crippen LogP contribution is 2.35. The maximum atomic E-state index is 12.7. The van der Waals surface area contributed by atoms with Gasteiger partial charge in [-0.25, -0.2) is 0 Å². The van der Waals surface area contributed by atoms with E-state index >= 15 is 0 Å². The zero-order chi connectivity index (χ0) is 15.7. The Morgan fingerprint density at radius 1 is 1.50 bits per heavy atom. The van der Waals surface area contributed by atoms with Crippen molar-refractivity contribution in [2.45, 2.75) is 45.1 Å². The zero-order valence-corrected chi connectivity index (χ0v) is 13.2. The number of hydrogen-bond donors (Lipinski definition) is 1. The molecule has 1 aromatic heterocycles. The maximum absolute atomic E-state index is 12.7. The molecule has 0 aromatic carbocycles. The lowest BCUT2D eigenvalue weighted by Crippen LogP contribution is -2.45. The molecule has 0 saturated carbocycles. The summed E-state index contributed by atoms with van der Waals surface area (Å²) >= 11 is 0. The van der Waals surface area contributed by atoms with Crippen LogP contribution in [0.5, 0.6) is 0 Å². The van der Waals surface area contributed by atoms with Crippen LogP contribution in [-0.2, 0) is 23.0 Å². The molecule has 1 aliphatic carbocycles. The number of carbonyl (C=O) groups is 1. The second-order valence-electron chi connectivity index (χ2n) is 6.29. The molecule has 0 radical (unpaired) electrons. The van der Waals surface area contributed by atoms with E-state index in [1.807, 2.05) is 18.7 Å². The fraction of sp³-hybridized carbons (Fsp3) is 0.688. The van der Waals surface area contributed by atoms with Crippen LogP contribution in [0.15, 0.2) is 0 Å². The molecule has 1 saturated heterocycles. The highest BCUT2D eigenvalue weighted by molar-refractivity contribution is 5.86. The Balaban J connectivity index is 1.83. The molecular weight excluding hydrogens is 280 g/mol. The van der Waals surface area contributed by atoms with Gasteiger partial charge in [-0.3, -0.25) is 9.48 Å². The summed E-state index contributed by atoms with van der Waals surface area (Å²) in [7, 11) is 1.95. The Morgan fingerprint density at radius 2 is 2.23 bits per heavy atom. The van der Waals surface area contributed by atoms with Crippen LogP contribution in [0.25, 0.3) is 0 Å². The van der Waals surface area contributed by atoms with Gasteiger partial charge in [0.05, 0.1) is 17.8 Å². The van der Waals surface area contributed by atoms with Crippen LogP contribution >= 0.6 is 0 Å². The molecule has 1 atom stereocenters. The van der Waals surface area contributed by atoms with Crippen molar-refractivity contribution in [3.05, 3.63) is 17.0 Å². The summed E-state index contributed by atoms with van der Waals surface area (Å²) in [6, 6.07) is 2.21. The van der Waals surface area contributed by atoms with Gasteiger partial charge in [-0.05, 0) is 39.0 Å². The van der Waals surface area contributed by atoms with Crippen molar-refractivity contribution in [1.82, 2.24) is 15.1 Å². The van der Waals surface area contributed by atoms with Crippen molar-refractivity contribution >= 4 is 5.91 Å². The average molecular weight is 302 g/mol. The summed E-state index contributed by atoms with van der Waals surface area (Å²) in [5, 5.41) is 17.1. The SMILES string of the molecule is Cc1nn(C)c2c1C(NC(=O)C1(C#N)CCOCC1)CCC2. The summed E-state index contributed by atoms with van der Waals surface area (Å²) < 4.78 is 7.22. The van der Waals surface area contributed by atoms with Crippen molar-refractivity contribution in [2.24, 2.45) is 12.5 Å². The van der Waals surface area contributed by atoms with Gasteiger partial charge in [-0.2, -0.15) is 10.4 Å². The Kier molecular flexibility index (Phi) is 3.92. The third kappa shape index (κ3) is 2.40. The van der Waals surface area contributed by atoms with E-state index in [-0.39, 0.29) is 11.9 Å². The minimum Gasteiger partial charge on any atom is -0.381 e. The molecule has 0 spiro atoms. The smallest absolute Gasteiger partial charge is 0.241 e. The molecule has 6 heteroatoms. The monoisotopic (exact) mass is 302 g/mol. The van der Waals surface area contributed by atoms with Crippen molar-refractivity contribution < 1.29 is 9.53 Å². The second kappa shape index (κ2) is 5.73. The van der Waals surface area contributed by atoms with Crippen molar-refractivity contribution in [1.29, 1.82) is 5.26 Å². The number of nitriles is 1. The lowest BCUT2D eigenvalue weighted by molar-refractivity contribution is -0.133. The van der Waals surface area contributed by atoms with E-state index in [1.165, 1.54) is 5.69 Å². The van der Waals surface area contributed by atoms with Crippen LogP contribution in [-0.4, -0.2) is 28.9 Å². The Labute approximate surface area is 130 Å². The Hall–Kier alpha value is -1.87. The average Bonchev–Trinajstić information content (AvgIpc) is 2.83. The van der Waals surface area contributed by atoms with Crippen LogP contribution < -0.4 is 5.32 Å². The molecule has 118 valence electrons. The van der Waals surface area contributed by atoms with Crippen molar-refractivity contribution in [3.63, 3.8) is 0 Å². The van der Waals surface area contributed by atoms with Gasteiger partial charge >= 0.3 is 0 Å². The number of hydrogen-bond acceptors (Lipinski definition) is 4. The number of amides is 1. The maximum Gasteiger partial charge on any atom is 0.241 e. The van der Waals surface area contributed by atoms with E-state index in [0.29, 0.717) is 26.1 Å². The van der Waals surface area contributed by atoms with Crippen LogP contribution in [0, 0.1) is 23.7 Å². The molecule has 2 aliphatic rings. The topological polar surface area (TPSA) is 79.9 Å². The van der Waals surface area contributed by atoms with E-state index in [4.69, 9.17) is 4.74 Å². The molecule has 3 rings (SSSR count). The molecule has 1 amide bonds. The third-order valence-corrected chi connectivity index (χ3v) is 4.95. The van der Waals surface area contributed by atoms with Crippen LogP contribution in [0.2, 0.25) is 0 Å². The largest absolute Gasteiger partial charge is 0.381 e. The molecule has 1 aliphatic heterocycles. The van der Waals surface area contributed by atoms with Gasteiger partial charge in [0.2, 0.25) is 5.91 Å². The first kappa shape index (κ1) is 15.0. The van der Waals surface area contributed by atoms with E-state index in [0.717, 1.165) is 30.5 Å². The number of fused-ring (bicyclic) bond motifs is 1. The molecule has 1 aromatic rings. The van der Waals surface area contributed by atoms with Crippen LogP contribution in [0.1, 0.15) is 48.7 Å². The van der Waals surface area contributed by atoms with Gasteiger partial charge < -0.3 is 10.1 Å². The van der Waals surface area contributed by atoms with Crippen molar-refractivity contribution in [2.75, 3.05) is 13.2 Å². The standard InChI is InChI=1S/C16H22N4O2/c1-11-14-12(4-3-5-13(14)20(2)19-11)18-15(21)16(10-17)6-8-22-9-7-16/h12H,3-9H2,1-2H3,(H,18,21).